The van der Waals surface area contributed by atoms with Crippen LogP contribution in [0.4, 0.5) is 5.13 Å². The molecule has 4 aromatic rings. The smallest absolute Gasteiger partial charge is 0.301 e. The average Bonchev–Trinajstić information content (AvgIpc) is 3.54. The standard InChI is InChI=1S/C31H29N3O4S2/c1-4-16-38-23-14-12-22(13-15-23)26-25(27(35)24-17-19(2)10-11-20(24)3)28(36)29(37)34(26)30-32-33-31(40-30)39-18-21-8-6-5-7-9-21/h5-15,17,26,35H,4,16,18H2,1-3H3. The highest BCUT2D eigenvalue weighted by Crippen LogP contribution is 2.44. The Morgan fingerprint density at radius 3 is 2.50 bits per heavy atom. The number of aliphatic hydroxyl groups is 1. The van der Waals surface area contributed by atoms with Gasteiger partial charge < -0.3 is 9.84 Å². The number of rotatable bonds is 9. The molecular formula is C31H29N3O4S2. The van der Waals surface area contributed by atoms with Gasteiger partial charge in [0.05, 0.1) is 18.2 Å². The van der Waals surface area contributed by atoms with Gasteiger partial charge in [-0.2, -0.15) is 0 Å². The van der Waals surface area contributed by atoms with Gasteiger partial charge in [-0.05, 0) is 55.2 Å². The van der Waals surface area contributed by atoms with E-state index in [1.54, 1.807) is 0 Å². The first-order valence-corrected chi connectivity index (χ1v) is 14.8. The molecule has 1 atom stereocenters. The Balaban J connectivity index is 1.56. The minimum Gasteiger partial charge on any atom is -0.507 e. The van der Waals surface area contributed by atoms with Crippen LogP contribution in [0.1, 0.15) is 47.2 Å². The zero-order chi connectivity index (χ0) is 28.2. The summed E-state index contributed by atoms with van der Waals surface area (Å²) in [7, 11) is 0. The van der Waals surface area contributed by atoms with Crippen LogP contribution in [0, 0.1) is 13.8 Å². The summed E-state index contributed by atoms with van der Waals surface area (Å²) in [6.07, 6.45) is 0.874. The Hall–Kier alpha value is -3.95. The zero-order valence-corrected chi connectivity index (χ0v) is 24.1. The van der Waals surface area contributed by atoms with Crippen molar-refractivity contribution in [3.8, 4) is 5.75 Å². The summed E-state index contributed by atoms with van der Waals surface area (Å²) in [5, 5.41) is 20.4. The molecule has 2 heterocycles. The van der Waals surface area contributed by atoms with Crippen LogP contribution in [0.3, 0.4) is 0 Å². The molecule has 5 rings (SSSR count). The fraction of sp³-hybridized carbons (Fsp3) is 0.226. The number of ketones is 1. The molecule has 9 heteroatoms. The van der Waals surface area contributed by atoms with Crippen LogP contribution in [0.25, 0.3) is 5.76 Å². The molecule has 0 spiro atoms. The van der Waals surface area contributed by atoms with Crippen LogP contribution in [0.15, 0.2) is 82.7 Å². The summed E-state index contributed by atoms with van der Waals surface area (Å²) in [6.45, 7) is 6.39. The molecule has 0 radical (unpaired) electrons. The van der Waals surface area contributed by atoms with Crippen LogP contribution in [-0.4, -0.2) is 33.6 Å². The number of carbonyl (C=O) groups is 2. The highest BCUT2D eigenvalue weighted by molar-refractivity contribution is 8.00. The van der Waals surface area contributed by atoms with Crippen LogP contribution >= 0.6 is 23.1 Å². The number of thioether (sulfide) groups is 1. The third-order valence-corrected chi connectivity index (χ3v) is 8.70. The molecule has 1 aromatic heterocycles. The normalized spacial score (nSPS) is 16.5. The molecule has 1 N–H and O–H groups in total. The number of aryl methyl sites for hydroxylation is 2. The van der Waals surface area contributed by atoms with Gasteiger partial charge in [0.25, 0.3) is 5.78 Å². The van der Waals surface area contributed by atoms with E-state index >= 15 is 0 Å². The third-order valence-electron chi connectivity index (χ3n) is 6.57. The van der Waals surface area contributed by atoms with E-state index < -0.39 is 17.7 Å². The maximum atomic E-state index is 13.5. The first-order chi connectivity index (χ1) is 19.4. The number of ether oxygens (including phenoxy) is 1. The molecule has 0 saturated carbocycles. The molecule has 40 heavy (non-hydrogen) atoms. The van der Waals surface area contributed by atoms with Gasteiger partial charge in [0.1, 0.15) is 11.5 Å². The summed E-state index contributed by atoms with van der Waals surface area (Å²) in [5.74, 6) is -0.333. The van der Waals surface area contributed by atoms with Crippen LogP contribution in [-0.2, 0) is 15.3 Å². The second kappa shape index (κ2) is 12.1. The van der Waals surface area contributed by atoms with Crippen molar-refractivity contribution in [1.82, 2.24) is 10.2 Å². The lowest BCUT2D eigenvalue weighted by Crippen LogP contribution is -2.29. The van der Waals surface area contributed by atoms with E-state index in [0.29, 0.717) is 38.7 Å². The lowest BCUT2D eigenvalue weighted by molar-refractivity contribution is -0.132. The van der Waals surface area contributed by atoms with E-state index in [-0.39, 0.29) is 11.3 Å². The fourth-order valence-corrected chi connectivity index (χ4v) is 6.35. The van der Waals surface area contributed by atoms with E-state index in [0.717, 1.165) is 23.1 Å². The lowest BCUT2D eigenvalue weighted by Gasteiger charge is -2.23. The highest BCUT2D eigenvalue weighted by Gasteiger charge is 2.48. The van der Waals surface area contributed by atoms with E-state index in [9.17, 15) is 14.7 Å². The first-order valence-electron chi connectivity index (χ1n) is 13.0. The lowest BCUT2D eigenvalue weighted by atomic mass is 9.93. The number of Topliss-reactive ketones (excluding diaryl/α,β-unsaturated/α-hetero) is 1. The number of hydrogen-bond donors (Lipinski definition) is 1. The molecule has 0 bridgehead atoms. The maximum absolute atomic E-state index is 13.5. The number of aromatic nitrogens is 2. The molecule has 1 aliphatic heterocycles. The molecule has 1 unspecified atom stereocenters. The highest BCUT2D eigenvalue weighted by atomic mass is 32.2. The summed E-state index contributed by atoms with van der Waals surface area (Å²) >= 11 is 2.76. The minimum absolute atomic E-state index is 0.0228. The van der Waals surface area contributed by atoms with Crippen molar-refractivity contribution in [3.63, 3.8) is 0 Å². The van der Waals surface area contributed by atoms with Crippen molar-refractivity contribution in [2.75, 3.05) is 11.5 Å². The van der Waals surface area contributed by atoms with Crippen LogP contribution in [0.5, 0.6) is 5.75 Å². The van der Waals surface area contributed by atoms with Gasteiger partial charge in [-0.3, -0.25) is 14.5 Å². The molecule has 3 aromatic carbocycles. The fourth-order valence-electron chi connectivity index (χ4n) is 4.53. The summed E-state index contributed by atoms with van der Waals surface area (Å²) in [4.78, 5) is 28.4. The van der Waals surface area contributed by atoms with Crippen molar-refractivity contribution in [2.24, 2.45) is 0 Å². The first kappa shape index (κ1) is 27.6. The number of carbonyl (C=O) groups excluding carboxylic acids is 2. The Morgan fingerprint density at radius 2 is 1.77 bits per heavy atom. The van der Waals surface area contributed by atoms with Gasteiger partial charge in [0, 0.05) is 11.3 Å². The molecule has 1 aliphatic rings. The molecule has 1 amide bonds. The summed E-state index contributed by atoms with van der Waals surface area (Å²) < 4.78 is 6.41. The Kier molecular flexibility index (Phi) is 8.32. The van der Waals surface area contributed by atoms with Gasteiger partial charge >= 0.3 is 5.91 Å². The topological polar surface area (TPSA) is 92.6 Å². The third kappa shape index (κ3) is 5.66. The van der Waals surface area contributed by atoms with Gasteiger partial charge in [0.15, 0.2) is 4.34 Å². The van der Waals surface area contributed by atoms with Crippen molar-refractivity contribution >= 4 is 45.7 Å². The summed E-state index contributed by atoms with van der Waals surface area (Å²) in [6, 6.07) is 22.0. The SMILES string of the molecule is CCCOc1ccc(C2C(=C(O)c3cc(C)ccc3C)C(=O)C(=O)N2c2nnc(SCc3ccccc3)s2)cc1. The Labute approximate surface area is 241 Å². The second-order valence-electron chi connectivity index (χ2n) is 9.53. The largest absolute Gasteiger partial charge is 0.507 e. The molecular weight excluding hydrogens is 542 g/mol. The molecule has 7 nitrogen and oxygen atoms in total. The predicted octanol–water partition coefficient (Wildman–Crippen LogP) is 6.86. The number of hydrogen-bond acceptors (Lipinski definition) is 8. The average molecular weight is 572 g/mol. The molecule has 1 saturated heterocycles. The number of aliphatic hydroxyl groups excluding tert-OH is 1. The van der Waals surface area contributed by atoms with Gasteiger partial charge in [0.2, 0.25) is 5.13 Å². The van der Waals surface area contributed by atoms with Gasteiger partial charge in [-0.1, -0.05) is 90.2 Å². The number of anilines is 1. The number of benzene rings is 3. The predicted molar refractivity (Wildman–Crippen MR) is 159 cm³/mol. The molecule has 204 valence electrons. The van der Waals surface area contributed by atoms with Gasteiger partial charge in [-0.15, -0.1) is 10.2 Å². The second-order valence-corrected chi connectivity index (χ2v) is 11.7. The number of amides is 1. The Bertz CT molecular complexity index is 1570. The molecule has 0 aliphatic carbocycles. The van der Waals surface area contributed by atoms with Crippen LogP contribution in [0.2, 0.25) is 0 Å². The van der Waals surface area contributed by atoms with E-state index in [1.807, 2.05) is 93.6 Å². The van der Waals surface area contributed by atoms with E-state index in [1.165, 1.54) is 28.0 Å². The van der Waals surface area contributed by atoms with Crippen molar-refractivity contribution < 1.29 is 19.4 Å². The summed E-state index contributed by atoms with van der Waals surface area (Å²) in [5.41, 5.74) is 4.07. The van der Waals surface area contributed by atoms with Crippen LogP contribution < -0.4 is 9.64 Å². The quantitative estimate of drug-likeness (QED) is 0.0771. The van der Waals surface area contributed by atoms with Crippen molar-refractivity contribution in [3.05, 3.63) is 106 Å². The minimum atomic E-state index is -0.875. The van der Waals surface area contributed by atoms with E-state index in [4.69, 9.17) is 4.74 Å². The monoisotopic (exact) mass is 571 g/mol. The van der Waals surface area contributed by atoms with Crippen molar-refractivity contribution in [2.45, 2.75) is 43.3 Å². The number of nitrogens with zero attached hydrogens (tertiary/aromatic N) is 3. The zero-order valence-electron chi connectivity index (χ0n) is 22.5. The van der Waals surface area contributed by atoms with E-state index in [2.05, 4.69) is 10.2 Å². The Morgan fingerprint density at radius 1 is 1.02 bits per heavy atom. The van der Waals surface area contributed by atoms with Gasteiger partial charge in [-0.25, -0.2) is 0 Å². The van der Waals surface area contributed by atoms with Crippen molar-refractivity contribution in [1.29, 1.82) is 0 Å². The maximum Gasteiger partial charge on any atom is 0.301 e. The molecule has 1 fully saturated rings.